The quantitative estimate of drug-likeness (QED) is 0.192. The molecule has 1 saturated heterocycles. The van der Waals surface area contributed by atoms with Crippen LogP contribution in [0.25, 0.3) is 32.0 Å². The van der Waals surface area contributed by atoms with E-state index in [-0.39, 0.29) is 29.7 Å². The standard InChI is InChI=1S/C36H29FN6O3S/c37-22-11-7-19(8-12-22)9-13-25-28(34-41-42-36(45)46-34)29(30-31(39-25)26-6-3-17-43(26)35(30)44)27-18-21-15-16-38-33(32(21)47-27)40-24-14-10-20-4-1-2-5-23(20)24/h1-2,4-5,7-8,11-12,15-16,18,24,26H,3,6,9-10,13-14,17H2,(H,38,40)(H,42,45)/t24-,26+/m1/s1. The van der Waals surface area contributed by atoms with Gasteiger partial charge in [0.15, 0.2) is 0 Å². The Labute approximate surface area is 272 Å². The van der Waals surface area contributed by atoms with Gasteiger partial charge in [-0.25, -0.2) is 19.3 Å². The van der Waals surface area contributed by atoms with Gasteiger partial charge in [-0.15, -0.1) is 16.4 Å². The van der Waals surface area contributed by atoms with Crippen LogP contribution in [-0.2, 0) is 19.3 Å². The number of carbonyl (C=O) groups excluding carboxylic acids is 1. The van der Waals surface area contributed by atoms with E-state index in [1.54, 1.807) is 23.5 Å². The summed E-state index contributed by atoms with van der Waals surface area (Å²) in [5.74, 6) is -0.165. The Morgan fingerprint density at radius 3 is 2.74 bits per heavy atom. The molecule has 11 heteroatoms. The van der Waals surface area contributed by atoms with Crippen molar-refractivity contribution in [2.75, 3.05) is 11.9 Å². The van der Waals surface area contributed by atoms with E-state index >= 15 is 0 Å². The highest BCUT2D eigenvalue weighted by Crippen LogP contribution is 2.50. The monoisotopic (exact) mass is 644 g/mol. The van der Waals surface area contributed by atoms with Crippen molar-refractivity contribution in [2.45, 2.75) is 50.6 Å². The van der Waals surface area contributed by atoms with Gasteiger partial charge in [-0.3, -0.25) is 9.78 Å². The first-order valence-corrected chi connectivity index (χ1v) is 16.7. The zero-order valence-corrected chi connectivity index (χ0v) is 26.1. The van der Waals surface area contributed by atoms with Gasteiger partial charge in [-0.2, -0.15) is 0 Å². The third-order valence-electron chi connectivity index (χ3n) is 9.68. The molecule has 0 bridgehead atoms. The van der Waals surface area contributed by atoms with E-state index in [1.165, 1.54) is 23.3 Å². The molecule has 234 valence electrons. The van der Waals surface area contributed by atoms with E-state index in [4.69, 9.17) is 14.4 Å². The van der Waals surface area contributed by atoms with E-state index in [1.807, 2.05) is 17.2 Å². The fourth-order valence-electron chi connectivity index (χ4n) is 7.52. The van der Waals surface area contributed by atoms with Crippen molar-refractivity contribution in [1.82, 2.24) is 25.1 Å². The molecular formula is C36H29FN6O3S. The number of nitrogens with one attached hydrogen (secondary N) is 2. The fourth-order valence-corrected chi connectivity index (χ4v) is 8.69. The summed E-state index contributed by atoms with van der Waals surface area (Å²) in [6.45, 7) is 0.671. The molecule has 9 nitrogen and oxygen atoms in total. The fraction of sp³-hybridized carbons (Fsp3) is 0.250. The molecule has 4 aromatic heterocycles. The van der Waals surface area contributed by atoms with Gasteiger partial charge in [0.1, 0.15) is 11.6 Å². The van der Waals surface area contributed by atoms with Crippen LogP contribution in [0.4, 0.5) is 10.2 Å². The van der Waals surface area contributed by atoms with E-state index in [0.29, 0.717) is 41.8 Å². The van der Waals surface area contributed by atoms with Gasteiger partial charge in [0.25, 0.3) is 11.8 Å². The number of aromatic nitrogens is 4. The zero-order valence-electron chi connectivity index (χ0n) is 25.3. The van der Waals surface area contributed by atoms with Crippen molar-refractivity contribution >= 4 is 33.1 Å². The maximum absolute atomic E-state index is 14.1. The second-order valence-corrected chi connectivity index (χ2v) is 13.4. The summed E-state index contributed by atoms with van der Waals surface area (Å²) in [7, 11) is 0. The van der Waals surface area contributed by atoms with E-state index in [9.17, 15) is 14.0 Å². The maximum Gasteiger partial charge on any atom is 0.434 e. The molecule has 2 N–H and O–H groups in total. The van der Waals surface area contributed by atoms with Crippen LogP contribution in [0.1, 0.15) is 69.8 Å². The number of hydrogen-bond donors (Lipinski definition) is 2. The van der Waals surface area contributed by atoms with Gasteiger partial charge in [0.05, 0.1) is 39.3 Å². The number of aromatic amines is 1. The molecule has 2 atom stereocenters. The molecule has 2 aliphatic heterocycles. The van der Waals surface area contributed by atoms with E-state index in [0.717, 1.165) is 57.7 Å². The second kappa shape index (κ2) is 11.0. The molecule has 6 aromatic rings. The number of benzene rings is 2. The number of amides is 1. The minimum absolute atomic E-state index is 0.0642. The van der Waals surface area contributed by atoms with Crippen LogP contribution in [0, 0.1) is 5.82 Å². The highest BCUT2D eigenvalue weighted by molar-refractivity contribution is 7.23. The molecule has 6 heterocycles. The minimum Gasteiger partial charge on any atom is -0.388 e. The highest BCUT2D eigenvalue weighted by atomic mass is 32.1. The van der Waals surface area contributed by atoms with Crippen molar-refractivity contribution in [1.29, 1.82) is 0 Å². The van der Waals surface area contributed by atoms with Crippen LogP contribution < -0.4 is 11.1 Å². The molecule has 0 unspecified atom stereocenters. The van der Waals surface area contributed by atoms with Gasteiger partial charge in [-0.05, 0) is 84.9 Å². The Morgan fingerprint density at radius 1 is 1.02 bits per heavy atom. The normalized spacial score (nSPS) is 18.1. The molecule has 1 aliphatic carbocycles. The first kappa shape index (κ1) is 28.1. The lowest BCUT2D eigenvalue weighted by Gasteiger charge is -2.16. The summed E-state index contributed by atoms with van der Waals surface area (Å²) in [6, 6.07) is 19.0. The zero-order chi connectivity index (χ0) is 31.6. The first-order chi connectivity index (χ1) is 23.0. The third-order valence-corrected chi connectivity index (χ3v) is 10.9. The average molecular weight is 645 g/mol. The largest absolute Gasteiger partial charge is 0.434 e. The number of H-pyrrole nitrogens is 1. The highest BCUT2D eigenvalue weighted by Gasteiger charge is 2.45. The summed E-state index contributed by atoms with van der Waals surface area (Å²) in [5, 5.41) is 11.3. The lowest BCUT2D eigenvalue weighted by molar-refractivity contribution is 0.0776. The summed E-state index contributed by atoms with van der Waals surface area (Å²) in [5.41, 5.74) is 6.78. The molecular weight excluding hydrogens is 616 g/mol. The summed E-state index contributed by atoms with van der Waals surface area (Å²) >= 11 is 1.56. The number of fused-ring (bicyclic) bond motifs is 5. The van der Waals surface area contributed by atoms with Gasteiger partial charge < -0.3 is 14.6 Å². The van der Waals surface area contributed by atoms with Gasteiger partial charge in [-0.1, -0.05) is 36.4 Å². The second-order valence-electron chi connectivity index (χ2n) is 12.4. The maximum atomic E-state index is 14.1. The number of thiophene rings is 1. The number of halogens is 1. The number of hydrogen-bond acceptors (Lipinski definition) is 8. The lowest BCUT2D eigenvalue weighted by Crippen LogP contribution is -2.22. The van der Waals surface area contributed by atoms with Crippen LogP contribution >= 0.6 is 11.3 Å². The molecule has 1 fully saturated rings. The average Bonchev–Trinajstić information content (AvgIpc) is 3.92. The summed E-state index contributed by atoms with van der Waals surface area (Å²) < 4.78 is 20.2. The Kier molecular flexibility index (Phi) is 6.56. The number of anilines is 1. The molecule has 0 saturated carbocycles. The Bertz CT molecular complexity index is 2260. The summed E-state index contributed by atoms with van der Waals surface area (Å²) in [4.78, 5) is 39.1. The van der Waals surface area contributed by atoms with E-state index in [2.05, 4.69) is 45.8 Å². The van der Waals surface area contributed by atoms with Crippen molar-refractivity contribution in [3.8, 4) is 21.9 Å². The van der Waals surface area contributed by atoms with Gasteiger partial charge >= 0.3 is 5.76 Å². The van der Waals surface area contributed by atoms with Crippen LogP contribution in [0.3, 0.4) is 0 Å². The third kappa shape index (κ3) is 4.67. The number of pyridine rings is 2. The molecule has 2 aromatic carbocycles. The van der Waals surface area contributed by atoms with E-state index < -0.39 is 5.76 Å². The number of carbonyl (C=O) groups is 1. The first-order valence-electron chi connectivity index (χ1n) is 15.9. The van der Waals surface area contributed by atoms with Crippen LogP contribution in [-0.4, -0.2) is 37.5 Å². The summed E-state index contributed by atoms with van der Waals surface area (Å²) in [6.07, 6.45) is 6.61. The molecule has 0 radical (unpaired) electrons. The number of aryl methyl sites for hydroxylation is 3. The Balaban J connectivity index is 1.22. The predicted molar refractivity (Wildman–Crippen MR) is 177 cm³/mol. The van der Waals surface area contributed by atoms with Crippen LogP contribution in [0.5, 0.6) is 0 Å². The minimum atomic E-state index is -0.688. The SMILES string of the molecule is O=C1c2c(nc(CCc3ccc(F)cc3)c(-c3n[nH]c(=O)o3)c2-c2cc3ccnc(N[C@@H]4CCc5ccccc54)c3s2)[C@@H]2CCCN12. The van der Waals surface area contributed by atoms with Crippen molar-refractivity contribution < 1.29 is 13.6 Å². The molecule has 47 heavy (non-hydrogen) atoms. The van der Waals surface area contributed by atoms with Gasteiger partial charge in [0, 0.05) is 23.2 Å². The lowest BCUT2D eigenvalue weighted by atomic mass is 9.93. The molecule has 0 spiro atoms. The Morgan fingerprint density at radius 2 is 1.89 bits per heavy atom. The topological polar surface area (TPSA) is 117 Å². The van der Waals surface area contributed by atoms with Crippen molar-refractivity contribution in [2.24, 2.45) is 0 Å². The molecule has 3 aliphatic rings. The number of nitrogens with zero attached hydrogens (tertiary/aromatic N) is 4. The van der Waals surface area contributed by atoms with Crippen LogP contribution in [0.2, 0.25) is 0 Å². The molecule has 1 amide bonds. The predicted octanol–water partition coefficient (Wildman–Crippen LogP) is 7.02. The number of rotatable bonds is 7. The van der Waals surface area contributed by atoms with Crippen LogP contribution in [0.15, 0.2) is 76.1 Å². The van der Waals surface area contributed by atoms with Crippen molar-refractivity contribution in [3.63, 3.8) is 0 Å². The van der Waals surface area contributed by atoms with Gasteiger partial charge in [0.2, 0.25) is 0 Å². The van der Waals surface area contributed by atoms with Crippen molar-refractivity contribution in [3.05, 3.63) is 117 Å². The molecule has 9 rings (SSSR count). The Hall–Kier alpha value is -5.16. The smallest absolute Gasteiger partial charge is 0.388 e.